The fourth-order valence-corrected chi connectivity index (χ4v) is 3.56. The fraction of sp³-hybridized carbons (Fsp3) is 0.409. The van der Waals surface area contributed by atoms with Crippen molar-refractivity contribution < 1.29 is 24.6 Å². The molecule has 8 nitrogen and oxygen atoms in total. The molecule has 1 aromatic rings. The van der Waals surface area contributed by atoms with E-state index in [1.54, 1.807) is 31.3 Å². The summed E-state index contributed by atoms with van der Waals surface area (Å²) >= 11 is 0. The molecule has 5 N–H and O–H groups in total. The number of rotatable bonds is 5. The number of carbonyl (C=O) groups is 1. The number of methoxy groups -OCH3 is 1. The Morgan fingerprint density at radius 2 is 2.03 bits per heavy atom. The van der Waals surface area contributed by atoms with Crippen molar-refractivity contribution in [1.29, 1.82) is 5.41 Å². The highest BCUT2D eigenvalue weighted by Gasteiger charge is 2.28. The van der Waals surface area contributed by atoms with Crippen molar-refractivity contribution in [2.75, 3.05) is 7.11 Å². The standard InChI is InChI=1S/C22H28N4O4/c1-14-5-4-6-19(26(14)29)21(27)25-18-11-15(17(23)12-20(18)30-3)13-24-16-7-9-22(2,28)10-8-16/h4-6,11-13,16,23,27-29H,7-10H2,1-3H3/p+1. The number of allylic oxidation sites excluding steroid dienone is 3. The van der Waals surface area contributed by atoms with Crippen molar-refractivity contribution in [1.82, 2.24) is 10.6 Å². The molecular weight excluding hydrogens is 384 g/mol. The van der Waals surface area contributed by atoms with Gasteiger partial charge in [0, 0.05) is 47.7 Å². The molecule has 1 fully saturated rings. The third-order valence-electron chi connectivity index (χ3n) is 5.54. The summed E-state index contributed by atoms with van der Waals surface area (Å²) in [7, 11) is 1.47. The number of aromatic nitrogens is 1. The predicted octanol–water partition coefficient (Wildman–Crippen LogP) is 1.86. The van der Waals surface area contributed by atoms with Gasteiger partial charge >= 0.3 is 11.6 Å². The van der Waals surface area contributed by atoms with Crippen LogP contribution in [0.15, 0.2) is 53.6 Å². The average Bonchev–Trinajstić information content (AvgIpc) is 2.70. The van der Waals surface area contributed by atoms with Crippen LogP contribution in [0.2, 0.25) is 0 Å². The van der Waals surface area contributed by atoms with E-state index in [9.17, 15) is 15.1 Å². The minimum Gasteiger partial charge on any atom is -0.494 e. The maximum absolute atomic E-state index is 12.7. The van der Waals surface area contributed by atoms with Gasteiger partial charge in [0.25, 0.3) is 0 Å². The molecule has 1 aromatic heterocycles. The van der Waals surface area contributed by atoms with E-state index in [1.807, 2.05) is 6.92 Å². The second-order valence-corrected chi connectivity index (χ2v) is 8.04. The van der Waals surface area contributed by atoms with Crippen LogP contribution in [0.4, 0.5) is 0 Å². The van der Waals surface area contributed by atoms with Crippen LogP contribution in [0.5, 0.6) is 0 Å². The van der Waals surface area contributed by atoms with E-state index in [0.29, 0.717) is 22.7 Å². The molecular formula is C22H29N4O4+. The summed E-state index contributed by atoms with van der Waals surface area (Å²) in [4.78, 5) is 12.7. The van der Waals surface area contributed by atoms with Crippen molar-refractivity contribution in [3.05, 3.63) is 65.0 Å². The number of aryl methyl sites for hydroxylation is 1. The van der Waals surface area contributed by atoms with Crippen molar-refractivity contribution in [3.63, 3.8) is 0 Å². The molecule has 3 rings (SSSR count). The number of hydrogen-bond donors (Lipinski definition) is 5. The van der Waals surface area contributed by atoms with Crippen LogP contribution in [0.25, 0.3) is 0 Å². The van der Waals surface area contributed by atoms with Gasteiger partial charge in [-0.05, 0) is 44.7 Å². The van der Waals surface area contributed by atoms with E-state index < -0.39 is 11.5 Å². The molecule has 1 saturated carbocycles. The average molecular weight is 413 g/mol. The molecule has 0 aliphatic heterocycles. The van der Waals surface area contributed by atoms with Crippen LogP contribution in [0.1, 0.15) is 48.8 Å². The highest BCUT2D eigenvalue weighted by molar-refractivity contribution is 6.10. The number of amides is 1. The first-order chi connectivity index (χ1) is 14.2. The lowest BCUT2D eigenvalue weighted by molar-refractivity contribution is -0.909. The van der Waals surface area contributed by atoms with Crippen LogP contribution in [0, 0.1) is 12.3 Å². The normalized spacial score (nSPS) is 25.4. The zero-order valence-corrected chi connectivity index (χ0v) is 17.5. The van der Waals surface area contributed by atoms with Crippen LogP contribution in [0.3, 0.4) is 0 Å². The molecule has 0 spiro atoms. The largest absolute Gasteiger partial charge is 0.494 e. The maximum Gasteiger partial charge on any atom is 0.325 e. The highest BCUT2D eigenvalue weighted by atomic mass is 16.5. The Morgan fingerprint density at radius 1 is 1.33 bits per heavy atom. The van der Waals surface area contributed by atoms with Crippen molar-refractivity contribution in [3.8, 4) is 0 Å². The van der Waals surface area contributed by atoms with E-state index in [-0.39, 0.29) is 17.4 Å². The molecule has 0 aromatic carbocycles. The molecule has 2 aliphatic carbocycles. The summed E-state index contributed by atoms with van der Waals surface area (Å²) in [5.41, 5.74) is 1.28. The number of hydrogen-bond acceptors (Lipinski definition) is 6. The minimum atomic E-state index is -0.601. The third kappa shape index (κ3) is 4.88. The van der Waals surface area contributed by atoms with Gasteiger partial charge in [-0.25, -0.2) is 0 Å². The Kier molecular flexibility index (Phi) is 6.26. The van der Waals surface area contributed by atoms with Gasteiger partial charge in [0.1, 0.15) is 5.76 Å². The van der Waals surface area contributed by atoms with Gasteiger partial charge in [-0.3, -0.25) is 10.0 Å². The summed E-state index contributed by atoms with van der Waals surface area (Å²) in [6, 6.07) is 5.12. The highest BCUT2D eigenvalue weighted by Crippen LogP contribution is 2.28. The van der Waals surface area contributed by atoms with Gasteiger partial charge < -0.3 is 25.9 Å². The van der Waals surface area contributed by atoms with Crippen LogP contribution >= 0.6 is 0 Å². The molecule has 0 saturated heterocycles. The fourth-order valence-electron chi connectivity index (χ4n) is 3.56. The van der Waals surface area contributed by atoms with Crippen LogP contribution < -0.4 is 15.4 Å². The molecule has 2 aliphatic rings. The molecule has 1 amide bonds. The van der Waals surface area contributed by atoms with Gasteiger partial charge in [0.05, 0.1) is 24.1 Å². The number of nitrogens with one attached hydrogen (secondary N) is 3. The lowest BCUT2D eigenvalue weighted by Crippen LogP contribution is -2.44. The topological polar surface area (TPSA) is 119 Å². The van der Waals surface area contributed by atoms with Gasteiger partial charge in [-0.15, -0.1) is 0 Å². The van der Waals surface area contributed by atoms with E-state index >= 15 is 0 Å². The Bertz CT molecular complexity index is 936. The number of nitrogens with zero attached hydrogens (tertiary/aromatic N) is 1. The molecule has 0 unspecified atom stereocenters. The lowest BCUT2D eigenvalue weighted by atomic mass is 9.84. The molecule has 30 heavy (non-hydrogen) atoms. The van der Waals surface area contributed by atoms with E-state index in [1.165, 1.54) is 19.3 Å². The summed E-state index contributed by atoms with van der Waals surface area (Å²) in [5.74, 6) is -0.137. The zero-order valence-electron chi connectivity index (χ0n) is 17.5. The number of aliphatic hydroxyl groups is 1. The Labute approximate surface area is 176 Å². The Balaban J connectivity index is 1.76. The lowest BCUT2D eigenvalue weighted by Gasteiger charge is -2.33. The van der Waals surface area contributed by atoms with Crippen LogP contribution in [-0.4, -0.2) is 40.7 Å². The first-order valence-corrected chi connectivity index (χ1v) is 9.98. The predicted molar refractivity (Wildman–Crippen MR) is 111 cm³/mol. The van der Waals surface area contributed by atoms with E-state index in [4.69, 9.17) is 10.1 Å². The Hall–Kier alpha value is -3.13. The van der Waals surface area contributed by atoms with E-state index in [0.717, 1.165) is 30.4 Å². The first-order valence-electron chi connectivity index (χ1n) is 9.98. The van der Waals surface area contributed by atoms with Crippen molar-refractivity contribution in [2.45, 2.75) is 51.2 Å². The molecule has 160 valence electrons. The second kappa shape index (κ2) is 8.71. The van der Waals surface area contributed by atoms with Crippen molar-refractivity contribution in [2.24, 2.45) is 0 Å². The zero-order chi connectivity index (χ0) is 21.9. The van der Waals surface area contributed by atoms with Crippen LogP contribution in [-0.2, 0) is 4.74 Å². The summed E-state index contributed by atoms with van der Waals surface area (Å²) in [6.45, 7) is 3.55. The quantitative estimate of drug-likeness (QED) is 0.373. The number of carbonyl (C=O) groups excluding carboxylic acids is 1. The molecule has 0 bridgehead atoms. The van der Waals surface area contributed by atoms with Gasteiger partial charge in [-0.2, -0.15) is 0 Å². The minimum absolute atomic E-state index is 0.0879. The summed E-state index contributed by atoms with van der Waals surface area (Å²) in [6.07, 6.45) is 8.13. The van der Waals surface area contributed by atoms with E-state index in [2.05, 4.69) is 10.6 Å². The smallest absolute Gasteiger partial charge is 0.325 e. The Morgan fingerprint density at radius 3 is 2.70 bits per heavy atom. The van der Waals surface area contributed by atoms with Gasteiger partial charge in [0.2, 0.25) is 5.69 Å². The summed E-state index contributed by atoms with van der Waals surface area (Å²) in [5, 5.41) is 34.5. The SMILES string of the molecule is COC1=CC(=N)/C(=C\NC2CCC(C)(O)CC2)C=C1NC(=O)c1cccc(C)[n+]1O. The second-order valence-electron chi connectivity index (χ2n) is 8.04. The first kappa shape index (κ1) is 21.6. The molecule has 1 heterocycles. The summed E-state index contributed by atoms with van der Waals surface area (Å²) < 4.78 is 6.15. The van der Waals surface area contributed by atoms with Gasteiger partial charge in [0.15, 0.2) is 0 Å². The maximum atomic E-state index is 12.7. The van der Waals surface area contributed by atoms with Gasteiger partial charge in [-0.1, -0.05) is 0 Å². The molecule has 0 radical (unpaired) electrons. The van der Waals surface area contributed by atoms with Crippen molar-refractivity contribution >= 4 is 11.6 Å². The third-order valence-corrected chi connectivity index (χ3v) is 5.54. The molecule has 0 atom stereocenters. The number of ether oxygens (including phenoxy) is 1. The number of pyridine rings is 1. The molecule has 8 heteroatoms. The monoisotopic (exact) mass is 413 g/mol.